The molecule has 1 aromatic heterocycles. The molecule has 0 saturated heterocycles. The van der Waals surface area contributed by atoms with Gasteiger partial charge in [0.05, 0.1) is 11.4 Å². The maximum Gasteiger partial charge on any atom is 0.109 e. The zero-order chi connectivity index (χ0) is 8.43. The van der Waals surface area contributed by atoms with Crippen molar-refractivity contribution in [2.24, 2.45) is 12.8 Å². The van der Waals surface area contributed by atoms with E-state index in [0.29, 0.717) is 0 Å². The van der Waals surface area contributed by atoms with Crippen molar-refractivity contribution in [1.82, 2.24) is 9.78 Å². The molecule has 0 aliphatic rings. The summed E-state index contributed by atoms with van der Waals surface area (Å²) >= 11 is 0. The highest BCUT2D eigenvalue weighted by Crippen LogP contribution is 2.08. The summed E-state index contributed by atoms with van der Waals surface area (Å²) in [4.78, 5) is 0. The molecule has 0 aliphatic heterocycles. The molecule has 0 fully saturated rings. The predicted molar refractivity (Wildman–Crippen MR) is 43.7 cm³/mol. The summed E-state index contributed by atoms with van der Waals surface area (Å²) in [6.45, 7) is 1.91. The highest BCUT2D eigenvalue weighted by Gasteiger charge is 2.07. The van der Waals surface area contributed by atoms with Crippen molar-refractivity contribution in [3.63, 3.8) is 0 Å². The van der Waals surface area contributed by atoms with Crippen LogP contribution >= 0.6 is 0 Å². The monoisotopic (exact) mass is 149 g/mol. The second-order valence-corrected chi connectivity index (χ2v) is 2.48. The van der Waals surface area contributed by atoms with Crippen LogP contribution in [0.1, 0.15) is 17.4 Å². The molecule has 0 bridgehead atoms. The van der Waals surface area contributed by atoms with Gasteiger partial charge in [0.2, 0.25) is 0 Å². The molecule has 1 atom stereocenters. The molecule has 3 nitrogen and oxygen atoms in total. The summed E-state index contributed by atoms with van der Waals surface area (Å²) < 4.78 is 1.71. The third kappa shape index (κ3) is 1.41. The Kier molecular flexibility index (Phi) is 1.97. The molecule has 1 aromatic rings. The zero-order valence-electron chi connectivity index (χ0n) is 6.70. The van der Waals surface area contributed by atoms with Gasteiger partial charge in [-0.25, -0.2) is 0 Å². The van der Waals surface area contributed by atoms with Crippen LogP contribution in [-0.4, -0.2) is 9.78 Å². The van der Waals surface area contributed by atoms with Crippen LogP contribution in [0.2, 0.25) is 0 Å². The van der Waals surface area contributed by atoms with Crippen molar-refractivity contribution in [1.29, 1.82) is 0 Å². The zero-order valence-corrected chi connectivity index (χ0v) is 6.70. The minimum atomic E-state index is -0.346. The van der Waals surface area contributed by atoms with E-state index in [-0.39, 0.29) is 6.04 Å². The predicted octanol–water partition coefficient (Wildman–Crippen LogP) is 0.362. The molecule has 2 N–H and O–H groups in total. The molecule has 0 amide bonds. The lowest BCUT2D eigenvalue weighted by atomic mass is 10.2. The van der Waals surface area contributed by atoms with Gasteiger partial charge in [0, 0.05) is 7.05 Å². The number of aromatic nitrogens is 2. The van der Waals surface area contributed by atoms with E-state index in [0.717, 1.165) is 11.4 Å². The van der Waals surface area contributed by atoms with Crippen molar-refractivity contribution in [3.05, 3.63) is 17.5 Å². The van der Waals surface area contributed by atoms with Gasteiger partial charge in [-0.05, 0) is 13.0 Å². The minimum Gasteiger partial charge on any atom is -0.313 e. The van der Waals surface area contributed by atoms with Gasteiger partial charge in [-0.2, -0.15) is 5.10 Å². The van der Waals surface area contributed by atoms with Crippen molar-refractivity contribution < 1.29 is 0 Å². The van der Waals surface area contributed by atoms with Crippen molar-refractivity contribution >= 4 is 0 Å². The number of terminal acetylenes is 1. The van der Waals surface area contributed by atoms with Crippen LogP contribution in [0, 0.1) is 19.3 Å². The lowest BCUT2D eigenvalue weighted by Crippen LogP contribution is -2.12. The van der Waals surface area contributed by atoms with E-state index in [4.69, 9.17) is 12.2 Å². The summed E-state index contributed by atoms with van der Waals surface area (Å²) in [5.41, 5.74) is 7.43. The van der Waals surface area contributed by atoms with Crippen LogP contribution in [0.3, 0.4) is 0 Å². The van der Waals surface area contributed by atoms with Crippen molar-refractivity contribution in [2.45, 2.75) is 13.0 Å². The molecule has 0 radical (unpaired) electrons. The molecule has 1 rings (SSSR count). The van der Waals surface area contributed by atoms with Gasteiger partial charge >= 0.3 is 0 Å². The second-order valence-electron chi connectivity index (χ2n) is 2.48. The number of hydrogen-bond acceptors (Lipinski definition) is 2. The fraction of sp³-hybridized carbons (Fsp3) is 0.375. The maximum absolute atomic E-state index is 5.61. The Labute approximate surface area is 66.2 Å². The molecular weight excluding hydrogens is 138 g/mol. The Bertz CT molecular complexity index is 293. The molecular formula is C8H11N3. The van der Waals surface area contributed by atoms with Crippen LogP contribution in [0.5, 0.6) is 0 Å². The topological polar surface area (TPSA) is 43.8 Å². The van der Waals surface area contributed by atoms with Crippen molar-refractivity contribution in [2.75, 3.05) is 0 Å². The quantitative estimate of drug-likeness (QED) is 0.586. The fourth-order valence-electron chi connectivity index (χ4n) is 1.01. The Balaban J connectivity index is 3.05. The summed E-state index contributed by atoms with van der Waals surface area (Å²) in [7, 11) is 1.83. The first-order valence-corrected chi connectivity index (χ1v) is 3.37. The largest absolute Gasteiger partial charge is 0.313 e. The average molecular weight is 149 g/mol. The molecule has 3 heteroatoms. The Morgan fingerprint density at radius 2 is 2.45 bits per heavy atom. The number of nitrogens with two attached hydrogens (primary N) is 1. The van der Waals surface area contributed by atoms with Gasteiger partial charge < -0.3 is 5.73 Å². The Hall–Kier alpha value is -1.27. The van der Waals surface area contributed by atoms with Crippen molar-refractivity contribution in [3.8, 4) is 12.3 Å². The molecule has 0 saturated carbocycles. The summed E-state index contributed by atoms with van der Waals surface area (Å²) in [5.74, 6) is 2.45. The number of rotatable bonds is 1. The van der Waals surface area contributed by atoms with Crippen LogP contribution in [0.15, 0.2) is 6.07 Å². The smallest absolute Gasteiger partial charge is 0.109 e. The third-order valence-corrected chi connectivity index (χ3v) is 1.54. The average Bonchev–Trinajstić information content (AvgIpc) is 2.28. The number of hydrogen-bond donors (Lipinski definition) is 1. The van der Waals surface area contributed by atoms with E-state index in [1.165, 1.54) is 0 Å². The SMILES string of the molecule is C#CC(N)c1cc(C)nn1C. The van der Waals surface area contributed by atoms with Gasteiger partial charge in [-0.15, -0.1) is 6.42 Å². The van der Waals surface area contributed by atoms with Crippen LogP contribution < -0.4 is 5.73 Å². The first-order valence-electron chi connectivity index (χ1n) is 3.37. The van der Waals surface area contributed by atoms with E-state index in [9.17, 15) is 0 Å². The van der Waals surface area contributed by atoms with E-state index in [1.54, 1.807) is 4.68 Å². The van der Waals surface area contributed by atoms with E-state index >= 15 is 0 Å². The standard InChI is InChI=1S/C8H11N3/c1-4-7(9)8-5-6(2)10-11(8)3/h1,5,7H,9H2,2-3H3. The van der Waals surface area contributed by atoms with Crippen LogP contribution in [0.25, 0.3) is 0 Å². The number of aryl methyl sites for hydroxylation is 2. The normalized spacial score (nSPS) is 12.5. The van der Waals surface area contributed by atoms with Gasteiger partial charge in [0.25, 0.3) is 0 Å². The summed E-state index contributed by atoms with van der Waals surface area (Å²) in [6.07, 6.45) is 5.17. The van der Waals surface area contributed by atoms with Gasteiger partial charge in [0.15, 0.2) is 0 Å². The highest BCUT2D eigenvalue weighted by atomic mass is 15.3. The fourth-order valence-corrected chi connectivity index (χ4v) is 1.01. The minimum absolute atomic E-state index is 0.346. The molecule has 11 heavy (non-hydrogen) atoms. The van der Waals surface area contributed by atoms with Gasteiger partial charge in [0.1, 0.15) is 6.04 Å². The molecule has 0 aliphatic carbocycles. The molecule has 1 heterocycles. The maximum atomic E-state index is 5.61. The van der Waals surface area contributed by atoms with Gasteiger partial charge in [-0.1, -0.05) is 5.92 Å². The molecule has 0 spiro atoms. The highest BCUT2D eigenvalue weighted by molar-refractivity contribution is 5.19. The third-order valence-electron chi connectivity index (χ3n) is 1.54. The Morgan fingerprint density at radius 1 is 1.82 bits per heavy atom. The van der Waals surface area contributed by atoms with Gasteiger partial charge in [-0.3, -0.25) is 4.68 Å². The molecule has 0 aromatic carbocycles. The van der Waals surface area contributed by atoms with E-state index < -0.39 is 0 Å². The first kappa shape index (κ1) is 7.83. The van der Waals surface area contributed by atoms with Crippen LogP contribution in [-0.2, 0) is 7.05 Å². The molecule has 1 unspecified atom stereocenters. The lowest BCUT2D eigenvalue weighted by molar-refractivity contribution is 0.685. The van der Waals surface area contributed by atoms with E-state index in [2.05, 4.69) is 11.0 Å². The summed E-state index contributed by atoms with van der Waals surface area (Å²) in [5, 5.41) is 4.12. The second kappa shape index (κ2) is 2.77. The summed E-state index contributed by atoms with van der Waals surface area (Å²) in [6, 6.07) is 1.55. The lowest BCUT2D eigenvalue weighted by Gasteiger charge is -2.02. The first-order chi connectivity index (χ1) is 5.15. The number of nitrogens with zero attached hydrogens (tertiary/aromatic N) is 2. The van der Waals surface area contributed by atoms with E-state index in [1.807, 2.05) is 20.0 Å². The van der Waals surface area contributed by atoms with Crippen LogP contribution in [0.4, 0.5) is 0 Å². The Morgan fingerprint density at radius 3 is 2.82 bits per heavy atom. The molecule has 58 valence electrons.